The predicted molar refractivity (Wildman–Crippen MR) is 66.5 cm³/mol. The summed E-state index contributed by atoms with van der Waals surface area (Å²) < 4.78 is 11.0. The molecule has 0 radical (unpaired) electrons. The molecule has 2 rings (SSSR count). The van der Waals surface area contributed by atoms with Crippen LogP contribution >= 0.6 is 0 Å². The Bertz CT molecular complexity index is 370. The molecule has 0 heterocycles. The van der Waals surface area contributed by atoms with Gasteiger partial charge in [-0.25, -0.2) is 0 Å². The van der Waals surface area contributed by atoms with Gasteiger partial charge in [0, 0.05) is 11.6 Å². The van der Waals surface area contributed by atoms with Gasteiger partial charge in [-0.15, -0.1) is 0 Å². The van der Waals surface area contributed by atoms with Gasteiger partial charge in [0.25, 0.3) is 0 Å². The smallest absolute Gasteiger partial charge is 0.128 e. The summed E-state index contributed by atoms with van der Waals surface area (Å²) in [4.78, 5) is 0. The summed E-state index contributed by atoms with van der Waals surface area (Å²) in [7, 11) is 1.63. The van der Waals surface area contributed by atoms with Crippen LogP contribution in [0.1, 0.15) is 37.9 Å². The number of aliphatic hydroxyl groups excluding tert-OH is 1. The number of aliphatic hydroxyl groups is 1. The number of rotatable bonds is 5. The van der Waals surface area contributed by atoms with E-state index in [2.05, 4.69) is 0 Å². The van der Waals surface area contributed by atoms with Gasteiger partial charge in [0.2, 0.25) is 0 Å². The zero-order valence-electron chi connectivity index (χ0n) is 10.5. The number of benzene rings is 1. The first-order chi connectivity index (χ1) is 8.20. The Morgan fingerprint density at radius 3 is 2.71 bits per heavy atom. The molecule has 1 aliphatic rings. The quantitative estimate of drug-likeness (QED) is 0.854. The molecule has 17 heavy (non-hydrogen) atoms. The highest BCUT2D eigenvalue weighted by Gasteiger charge is 2.19. The molecular formula is C14H20O3. The maximum Gasteiger partial charge on any atom is 0.128 e. The molecule has 1 aromatic rings. The van der Waals surface area contributed by atoms with E-state index in [4.69, 9.17) is 9.47 Å². The first-order valence-electron chi connectivity index (χ1n) is 6.19. The Balaban J connectivity index is 2.09. The van der Waals surface area contributed by atoms with Crippen LogP contribution in [0, 0.1) is 5.92 Å². The Morgan fingerprint density at radius 1 is 1.41 bits per heavy atom. The van der Waals surface area contributed by atoms with E-state index in [0.29, 0.717) is 5.92 Å². The summed E-state index contributed by atoms with van der Waals surface area (Å²) in [5.74, 6) is 2.19. The summed E-state index contributed by atoms with van der Waals surface area (Å²) in [6, 6.07) is 5.55. The van der Waals surface area contributed by atoms with E-state index in [-0.39, 0.29) is 0 Å². The summed E-state index contributed by atoms with van der Waals surface area (Å²) in [6.07, 6.45) is 3.31. The van der Waals surface area contributed by atoms with Crippen LogP contribution in [-0.2, 0) is 0 Å². The number of methoxy groups -OCH3 is 1. The van der Waals surface area contributed by atoms with Crippen LogP contribution in [0.3, 0.4) is 0 Å². The molecule has 1 N–H and O–H groups in total. The second-order valence-electron chi connectivity index (χ2n) is 4.69. The van der Waals surface area contributed by atoms with Crippen LogP contribution in [0.4, 0.5) is 0 Å². The summed E-state index contributed by atoms with van der Waals surface area (Å²) in [5.41, 5.74) is 0.824. The maximum absolute atomic E-state index is 9.68. The zero-order chi connectivity index (χ0) is 12.3. The van der Waals surface area contributed by atoms with Crippen molar-refractivity contribution in [3.05, 3.63) is 23.8 Å². The molecular weight excluding hydrogens is 216 g/mol. The monoisotopic (exact) mass is 236 g/mol. The standard InChI is InChI=1S/C14H20O3/c1-10(15)13-7-6-12(16-2)8-14(13)17-9-11-4-3-5-11/h6-8,10-11,15H,3-5,9H2,1-2H3/t10-/m0/s1. The third kappa shape index (κ3) is 2.91. The lowest BCUT2D eigenvalue weighted by Gasteiger charge is -2.26. The number of hydrogen-bond donors (Lipinski definition) is 1. The lowest BCUT2D eigenvalue weighted by atomic mass is 9.86. The van der Waals surface area contributed by atoms with Crippen molar-refractivity contribution in [2.24, 2.45) is 5.92 Å². The molecule has 0 aliphatic heterocycles. The highest BCUT2D eigenvalue weighted by atomic mass is 16.5. The van der Waals surface area contributed by atoms with E-state index in [1.807, 2.05) is 18.2 Å². The van der Waals surface area contributed by atoms with Gasteiger partial charge in [-0.05, 0) is 37.8 Å². The minimum Gasteiger partial charge on any atom is -0.497 e. The second-order valence-corrected chi connectivity index (χ2v) is 4.69. The van der Waals surface area contributed by atoms with Crippen molar-refractivity contribution in [1.29, 1.82) is 0 Å². The fraction of sp³-hybridized carbons (Fsp3) is 0.571. The van der Waals surface area contributed by atoms with Gasteiger partial charge in [0.15, 0.2) is 0 Å². The topological polar surface area (TPSA) is 38.7 Å². The Labute approximate surface area is 102 Å². The van der Waals surface area contributed by atoms with Crippen LogP contribution in [-0.4, -0.2) is 18.8 Å². The average molecular weight is 236 g/mol. The molecule has 0 aromatic heterocycles. The normalized spacial score (nSPS) is 17.4. The van der Waals surface area contributed by atoms with Crippen LogP contribution in [0.5, 0.6) is 11.5 Å². The van der Waals surface area contributed by atoms with Crippen molar-refractivity contribution in [1.82, 2.24) is 0 Å². The first kappa shape index (κ1) is 12.2. The lowest BCUT2D eigenvalue weighted by molar-refractivity contribution is 0.164. The van der Waals surface area contributed by atoms with Crippen molar-refractivity contribution in [2.45, 2.75) is 32.3 Å². The van der Waals surface area contributed by atoms with Gasteiger partial charge in [-0.2, -0.15) is 0 Å². The van der Waals surface area contributed by atoms with E-state index >= 15 is 0 Å². The molecule has 1 saturated carbocycles. The second kappa shape index (κ2) is 5.41. The van der Waals surface area contributed by atoms with Crippen LogP contribution in [0.25, 0.3) is 0 Å². The molecule has 0 amide bonds. The Hall–Kier alpha value is -1.22. The largest absolute Gasteiger partial charge is 0.497 e. The molecule has 3 nitrogen and oxygen atoms in total. The maximum atomic E-state index is 9.68. The van der Waals surface area contributed by atoms with Crippen molar-refractivity contribution < 1.29 is 14.6 Å². The van der Waals surface area contributed by atoms with E-state index in [0.717, 1.165) is 23.7 Å². The fourth-order valence-corrected chi connectivity index (χ4v) is 1.98. The predicted octanol–water partition coefficient (Wildman–Crippen LogP) is 2.93. The van der Waals surface area contributed by atoms with Gasteiger partial charge in [-0.1, -0.05) is 6.42 Å². The highest BCUT2D eigenvalue weighted by Crippen LogP contribution is 2.32. The number of hydrogen-bond acceptors (Lipinski definition) is 3. The summed E-state index contributed by atoms with van der Waals surface area (Å²) >= 11 is 0. The van der Waals surface area contributed by atoms with Crippen molar-refractivity contribution in [3.63, 3.8) is 0 Å². The molecule has 0 saturated heterocycles. The van der Waals surface area contributed by atoms with Gasteiger partial charge in [0.1, 0.15) is 11.5 Å². The van der Waals surface area contributed by atoms with E-state index < -0.39 is 6.10 Å². The third-order valence-corrected chi connectivity index (χ3v) is 3.37. The van der Waals surface area contributed by atoms with Crippen LogP contribution in [0.15, 0.2) is 18.2 Å². The van der Waals surface area contributed by atoms with Gasteiger partial charge >= 0.3 is 0 Å². The summed E-state index contributed by atoms with van der Waals surface area (Å²) in [6.45, 7) is 2.49. The van der Waals surface area contributed by atoms with E-state index in [1.54, 1.807) is 14.0 Å². The van der Waals surface area contributed by atoms with Gasteiger partial charge in [-0.3, -0.25) is 0 Å². The van der Waals surface area contributed by atoms with Crippen LogP contribution < -0.4 is 9.47 Å². The van der Waals surface area contributed by atoms with Crippen LogP contribution in [0.2, 0.25) is 0 Å². The molecule has 1 atom stereocenters. The van der Waals surface area contributed by atoms with Crippen molar-refractivity contribution >= 4 is 0 Å². The lowest BCUT2D eigenvalue weighted by Crippen LogP contribution is -2.19. The molecule has 1 fully saturated rings. The minimum atomic E-state index is -0.516. The Morgan fingerprint density at radius 2 is 2.18 bits per heavy atom. The Kier molecular flexibility index (Phi) is 3.89. The zero-order valence-corrected chi connectivity index (χ0v) is 10.5. The minimum absolute atomic E-state index is 0.516. The highest BCUT2D eigenvalue weighted by molar-refractivity contribution is 5.41. The van der Waals surface area contributed by atoms with Crippen molar-refractivity contribution in [2.75, 3.05) is 13.7 Å². The molecule has 3 heteroatoms. The van der Waals surface area contributed by atoms with Crippen molar-refractivity contribution in [3.8, 4) is 11.5 Å². The third-order valence-electron chi connectivity index (χ3n) is 3.37. The van der Waals surface area contributed by atoms with Gasteiger partial charge < -0.3 is 14.6 Å². The fourth-order valence-electron chi connectivity index (χ4n) is 1.98. The average Bonchev–Trinajstić information content (AvgIpc) is 2.26. The van der Waals surface area contributed by atoms with E-state index in [1.165, 1.54) is 19.3 Å². The molecule has 0 bridgehead atoms. The molecule has 94 valence electrons. The number of ether oxygens (including phenoxy) is 2. The molecule has 1 aliphatic carbocycles. The molecule has 0 unspecified atom stereocenters. The SMILES string of the molecule is COc1ccc([C@H](C)O)c(OCC2CCC2)c1. The molecule has 0 spiro atoms. The van der Waals surface area contributed by atoms with E-state index in [9.17, 15) is 5.11 Å². The van der Waals surface area contributed by atoms with Gasteiger partial charge in [0.05, 0.1) is 19.8 Å². The summed E-state index contributed by atoms with van der Waals surface area (Å²) in [5, 5.41) is 9.68. The first-order valence-corrected chi connectivity index (χ1v) is 6.19. The molecule has 1 aromatic carbocycles.